The summed E-state index contributed by atoms with van der Waals surface area (Å²) < 4.78 is 16.6. The predicted octanol–water partition coefficient (Wildman–Crippen LogP) is 3.57. The van der Waals surface area contributed by atoms with Crippen LogP contribution in [0.5, 0.6) is 11.5 Å². The van der Waals surface area contributed by atoms with Crippen molar-refractivity contribution in [3.8, 4) is 11.5 Å². The lowest BCUT2D eigenvalue weighted by Gasteiger charge is -2.15. The highest BCUT2D eigenvalue weighted by atomic mass is 16.5. The molecule has 0 atom stereocenters. The van der Waals surface area contributed by atoms with Gasteiger partial charge in [0, 0.05) is 0 Å². The van der Waals surface area contributed by atoms with E-state index < -0.39 is 5.97 Å². The summed E-state index contributed by atoms with van der Waals surface area (Å²) in [5, 5.41) is 0. The van der Waals surface area contributed by atoms with Crippen LogP contribution in [0.25, 0.3) is 0 Å². The van der Waals surface area contributed by atoms with Crippen molar-refractivity contribution in [3.05, 3.63) is 59.2 Å². The molecule has 0 saturated carbocycles. The Kier molecular flexibility index (Phi) is 6.72. The molecule has 1 aliphatic rings. The number of hydrogen-bond acceptors (Lipinski definition) is 6. The first-order chi connectivity index (χ1) is 14.4. The van der Waals surface area contributed by atoms with E-state index in [1.165, 1.54) is 0 Å². The van der Waals surface area contributed by atoms with E-state index in [2.05, 4.69) is 0 Å². The second kappa shape index (κ2) is 9.43. The molecule has 0 aromatic heterocycles. The molecular weight excluding hydrogens is 386 g/mol. The summed E-state index contributed by atoms with van der Waals surface area (Å²) in [6.07, 6.45) is 0. The Morgan fingerprint density at radius 1 is 0.967 bits per heavy atom. The van der Waals surface area contributed by atoms with Gasteiger partial charge in [-0.05, 0) is 43.2 Å². The largest absolute Gasteiger partial charge is 0.490 e. The zero-order valence-electron chi connectivity index (χ0n) is 17.3. The van der Waals surface area contributed by atoms with Gasteiger partial charge in [0.25, 0.3) is 11.8 Å². The van der Waals surface area contributed by atoms with Crippen molar-refractivity contribution in [3.63, 3.8) is 0 Å². The highest BCUT2D eigenvalue weighted by Gasteiger charge is 2.34. The minimum atomic E-state index is -0.567. The van der Waals surface area contributed by atoms with Gasteiger partial charge in [-0.1, -0.05) is 26.0 Å². The molecule has 7 heteroatoms. The standard InChI is InChI=1S/C23H25NO6/c1-4-28-20-13-16(9-10-19(20)30-14-15(2)3)23(27)29-12-11-24-21(25)17-7-5-6-8-18(17)22(24)26/h5-10,13,15H,4,11-12,14H2,1-3H3. The van der Waals surface area contributed by atoms with E-state index in [-0.39, 0.29) is 25.0 Å². The summed E-state index contributed by atoms with van der Waals surface area (Å²) in [7, 11) is 0. The fraction of sp³-hybridized carbons (Fsp3) is 0.348. The number of rotatable bonds is 9. The molecular formula is C23H25NO6. The maximum absolute atomic E-state index is 12.4. The number of benzene rings is 2. The van der Waals surface area contributed by atoms with Crippen molar-refractivity contribution >= 4 is 17.8 Å². The Hall–Kier alpha value is -3.35. The fourth-order valence-electron chi connectivity index (χ4n) is 3.03. The van der Waals surface area contributed by atoms with Crippen molar-refractivity contribution in [2.45, 2.75) is 20.8 Å². The molecule has 3 rings (SSSR count). The molecule has 0 saturated heterocycles. The molecule has 0 N–H and O–H groups in total. The lowest BCUT2D eigenvalue weighted by molar-refractivity contribution is 0.0420. The summed E-state index contributed by atoms with van der Waals surface area (Å²) in [4.78, 5) is 38.2. The first-order valence-corrected chi connectivity index (χ1v) is 9.94. The number of esters is 1. The van der Waals surface area contributed by atoms with Gasteiger partial charge in [-0.25, -0.2) is 4.79 Å². The van der Waals surface area contributed by atoms with Gasteiger partial charge in [-0.15, -0.1) is 0 Å². The van der Waals surface area contributed by atoms with Gasteiger partial charge < -0.3 is 14.2 Å². The molecule has 2 aromatic carbocycles. The lowest BCUT2D eigenvalue weighted by Crippen LogP contribution is -2.33. The van der Waals surface area contributed by atoms with Crippen LogP contribution in [-0.4, -0.2) is 49.0 Å². The SMILES string of the molecule is CCOc1cc(C(=O)OCCN2C(=O)c3ccccc3C2=O)ccc1OCC(C)C. The van der Waals surface area contributed by atoms with Crippen molar-refractivity contribution in [2.75, 3.05) is 26.4 Å². The highest BCUT2D eigenvalue weighted by Crippen LogP contribution is 2.29. The van der Waals surface area contributed by atoms with Gasteiger partial charge in [0.1, 0.15) is 6.61 Å². The summed E-state index contributed by atoms with van der Waals surface area (Å²) in [5.74, 6) is 0.0594. The number of imide groups is 1. The van der Waals surface area contributed by atoms with Gasteiger partial charge in [0.15, 0.2) is 11.5 Å². The smallest absolute Gasteiger partial charge is 0.338 e. The first-order valence-electron chi connectivity index (χ1n) is 9.94. The second-order valence-electron chi connectivity index (χ2n) is 7.24. The number of carbonyl (C=O) groups is 3. The zero-order valence-corrected chi connectivity index (χ0v) is 17.3. The van der Waals surface area contributed by atoms with Gasteiger partial charge >= 0.3 is 5.97 Å². The van der Waals surface area contributed by atoms with Crippen molar-refractivity contribution in [1.82, 2.24) is 4.90 Å². The number of fused-ring (bicyclic) bond motifs is 1. The third kappa shape index (κ3) is 4.62. The predicted molar refractivity (Wildman–Crippen MR) is 110 cm³/mol. The Bertz CT molecular complexity index is 917. The third-order valence-corrected chi connectivity index (χ3v) is 4.48. The van der Waals surface area contributed by atoms with Crippen LogP contribution in [0.4, 0.5) is 0 Å². The number of hydrogen-bond donors (Lipinski definition) is 0. The van der Waals surface area contributed by atoms with Crippen LogP contribution >= 0.6 is 0 Å². The molecule has 1 heterocycles. The van der Waals surface area contributed by atoms with E-state index >= 15 is 0 Å². The Labute approximate surface area is 175 Å². The molecule has 0 bridgehead atoms. The van der Waals surface area contributed by atoms with Crippen LogP contribution in [0.3, 0.4) is 0 Å². The van der Waals surface area contributed by atoms with Gasteiger partial charge in [-0.2, -0.15) is 0 Å². The van der Waals surface area contributed by atoms with Crippen molar-refractivity contribution in [2.24, 2.45) is 5.92 Å². The summed E-state index contributed by atoms with van der Waals surface area (Å²) in [6, 6.07) is 11.5. The topological polar surface area (TPSA) is 82.1 Å². The number of ether oxygens (including phenoxy) is 3. The highest BCUT2D eigenvalue weighted by molar-refractivity contribution is 6.21. The molecule has 0 aliphatic carbocycles. The molecule has 1 aliphatic heterocycles. The Morgan fingerprint density at radius 3 is 2.23 bits per heavy atom. The van der Waals surface area contributed by atoms with Gasteiger partial charge in [-0.3, -0.25) is 14.5 Å². The van der Waals surface area contributed by atoms with E-state index in [1.807, 2.05) is 20.8 Å². The maximum Gasteiger partial charge on any atom is 0.338 e. The lowest BCUT2D eigenvalue weighted by atomic mass is 10.1. The van der Waals surface area contributed by atoms with Crippen LogP contribution in [0, 0.1) is 5.92 Å². The van der Waals surface area contributed by atoms with E-state index in [0.29, 0.717) is 47.3 Å². The van der Waals surface area contributed by atoms with Gasteiger partial charge in [0.2, 0.25) is 0 Å². The summed E-state index contributed by atoms with van der Waals surface area (Å²) in [6.45, 7) is 6.78. The second-order valence-corrected chi connectivity index (χ2v) is 7.24. The van der Waals surface area contributed by atoms with Gasteiger partial charge in [0.05, 0.1) is 36.4 Å². The molecule has 0 radical (unpaired) electrons. The minimum Gasteiger partial charge on any atom is -0.490 e. The van der Waals surface area contributed by atoms with E-state index in [1.54, 1.807) is 42.5 Å². The van der Waals surface area contributed by atoms with Crippen LogP contribution in [0.1, 0.15) is 51.8 Å². The molecule has 7 nitrogen and oxygen atoms in total. The van der Waals surface area contributed by atoms with E-state index in [9.17, 15) is 14.4 Å². The first kappa shape index (κ1) is 21.4. The third-order valence-electron chi connectivity index (χ3n) is 4.48. The van der Waals surface area contributed by atoms with Crippen LogP contribution in [-0.2, 0) is 4.74 Å². The van der Waals surface area contributed by atoms with Crippen molar-refractivity contribution in [1.29, 1.82) is 0 Å². The van der Waals surface area contributed by atoms with E-state index in [4.69, 9.17) is 14.2 Å². The summed E-state index contributed by atoms with van der Waals surface area (Å²) in [5.41, 5.74) is 1.04. The molecule has 2 aromatic rings. The molecule has 0 spiro atoms. The van der Waals surface area contributed by atoms with Crippen LogP contribution in [0.2, 0.25) is 0 Å². The molecule has 0 fully saturated rings. The fourth-order valence-corrected chi connectivity index (χ4v) is 3.03. The minimum absolute atomic E-state index is 0.00795. The van der Waals surface area contributed by atoms with E-state index in [0.717, 1.165) is 4.90 Å². The maximum atomic E-state index is 12.4. The molecule has 30 heavy (non-hydrogen) atoms. The number of nitrogens with zero attached hydrogens (tertiary/aromatic N) is 1. The summed E-state index contributed by atoms with van der Waals surface area (Å²) >= 11 is 0. The molecule has 2 amide bonds. The normalized spacial score (nSPS) is 12.9. The quantitative estimate of drug-likeness (QED) is 0.463. The monoisotopic (exact) mass is 411 g/mol. The molecule has 158 valence electrons. The zero-order chi connectivity index (χ0) is 21.7. The Morgan fingerprint density at radius 2 is 1.63 bits per heavy atom. The van der Waals surface area contributed by atoms with Crippen LogP contribution < -0.4 is 9.47 Å². The average Bonchev–Trinajstić information content (AvgIpc) is 2.98. The van der Waals surface area contributed by atoms with Crippen molar-refractivity contribution < 1.29 is 28.6 Å². The van der Waals surface area contributed by atoms with Crippen LogP contribution in [0.15, 0.2) is 42.5 Å². The average molecular weight is 411 g/mol. The Balaban J connectivity index is 1.60. The number of amides is 2. The number of carbonyl (C=O) groups excluding carboxylic acids is 3. The molecule has 0 unspecified atom stereocenters.